The molecule has 0 radical (unpaired) electrons. The van der Waals surface area contributed by atoms with E-state index < -0.39 is 0 Å². The Morgan fingerprint density at radius 3 is 2.67 bits per heavy atom. The average molecular weight is 291 g/mol. The van der Waals surface area contributed by atoms with Crippen molar-refractivity contribution in [2.24, 2.45) is 7.05 Å². The van der Waals surface area contributed by atoms with Crippen LogP contribution in [0.3, 0.4) is 0 Å². The highest BCUT2D eigenvalue weighted by Gasteiger charge is 2.21. The summed E-state index contributed by atoms with van der Waals surface area (Å²) in [7, 11) is 3.45. The summed E-state index contributed by atoms with van der Waals surface area (Å²) in [6.07, 6.45) is 2.00. The maximum atomic E-state index is 13.2. The van der Waals surface area contributed by atoms with Crippen LogP contribution in [0.5, 0.6) is 5.75 Å². The smallest absolute Gasteiger partial charge is 0.144 e. The molecule has 0 aliphatic rings. The van der Waals surface area contributed by atoms with E-state index in [0.29, 0.717) is 12.3 Å². The number of methoxy groups -OCH3 is 1. The van der Waals surface area contributed by atoms with E-state index in [2.05, 4.69) is 31.2 Å². The van der Waals surface area contributed by atoms with Crippen LogP contribution in [0.25, 0.3) is 0 Å². The highest BCUT2D eigenvalue weighted by Crippen LogP contribution is 2.28. The molecule has 21 heavy (non-hydrogen) atoms. The van der Waals surface area contributed by atoms with Crippen molar-refractivity contribution in [3.63, 3.8) is 0 Å². The van der Waals surface area contributed by atoms with Gasteiger partial charge >= 0.3 is 0 Å². The summed E-state index contributed by atoms with van der Waals surface area (Å²) in [6, 6.07) is 4.47. The third-order valence-electron chi connectivity index (χ3n) is 3.25. The fourth-order valence-corrected chi connectivity index (χ4v) is 2.30. The molecule has 0 saturated heterocycles. The zero-order valence-corrected chi connectivity index (χ0v) is 13.2. The molecule has 2 rings (SSSR count). The third kappa shape index (κ3) is 3.54. The van der Waals surface area contributed by atoms with Crippen LogP contribution < -0.4 is 10.1 Å². The summed E-state index contributed by atoms with van der Waals surface area (Å²) in [5, 5.41) is 7.82. The lowest BCUT2D eigenvalue weighted by atomic mass is 9.89. The van der Waals surface area contributed by atoms with E-state index in [1.807, 2.05) is 17.9 Å². The second kappa shape index (κ2) is 5.76. The quantitative estimate of drug-likeness (QED) is 0.937. The molecule has 114 valence electrons. The van der Waals surface area contributed by atoms with E-state index >= 15 is 0 Å². The van der Waals surface area contributed by atoms with Gasteiger partial charge in [0.2, 0.25) is 0 Å². The Balaban J connectivity index is 2.21. The zero-order valence-electron chi connectivity index (χ0n) is 13.2. The van der Waals surface area contributed by atoms with E-state index in [1.165, 1.54) is 19.2 Å². The summed E-state index contributed by atoms with van der Waals surface area (Å²) < 4.78 is 20.2. The van der Waals surface area contributed by atoms with E-state index in [4.69, 9.17) is 4.74 Å². The molecule has 1 N–H and O–H groups in total. The molecule has 0 aliphatic heterocycles. The third-order valence-corrected chi connectivity index (χ3v) is 3.25. The van der Waals surface area contributed by atoms with E-state index in [-0.39, 0.29) is 11.2 Å². The number of hydrogen-bond acceptors (Lipinski definition) is 3. The van der Waals surface area contributed by atoms with Gasteiger partial charge in [-0.1, -0.05) is 20.8 Å². The minimum Gasteiger partial charge on any atom is -0.494 e. The van der Waals surface area contributed by atoms with Crippen LogP contribution >= 0.6 is 0 Å². The number of hydrogen-bond donors (Lipinski definition) is 1. The average Bonchev–Trinajstić information content (AvgIpc) is 2.78. The van der Waals surface area contributed by atoms with Crippen LogP contribution in [0.15, 0.2) is 24.4 Å². The summed E-state index contributed by atoms with van der Waals surface area (Å²) in [4.78, 5) is 0. The number of halogens is 1. The first-order valence-electron chi connectivity index (χ1n) is 6.91. The molecule has 0 atom stereocenters. The molecule has 0 saturated carbocycles. The van der Waals surface area contributed by atoms with Gasteiger partial charge in [-0.25, -0.2) is 4.39 Å². The number of benzene rings is 1. The van der Waals surface area contributed by atoms with Gasteiger partial charge in [0.15, 0.2) is 0 Å². The van der Waals surface area contributed by atoms with Crippen LogP contribution in [0.4, 0.5) is 10.1 Å². The Morgan fingerprint density at radius 2 is 2.05 bits per heavy atom. The molecule has 0 aliphatic carbocycles. The van der Waals surface area contributed by atoms with Crippen molar-refractivity contribution in [1.29, 1.82) is 0 Å². The van der Waals surface area contributed by atoms with Gasteiger partial charge in [0.05, 0.1) is 18.5 Å². The van der Waals surface area contributed by atoms with Crippen LogP contribution in [-0.4, -0.2) is 16.9 Å². The molecular weight excluding hydrogens is 269 g/mol. The Hall–Kier alpha value is -2.04. The topological polar surface area (TPSA) is 39.1 Å². The lowest BCUT2D eigenvalue weighted by molar-refractivity contribution is 0.413. The van der Waals surface area contributed by atoms with Crippen LogP contribution in [0, 0.1) is 5.82 Å². The maximum absolute atomic E-state index is 13.2. The van der Waals surface area contributed by atoms with Crippen molar-refractivity contribution >= 4 is 5.69 Å². The fourth-order valence-electron chi connectivity index (χ4n) is 2.30. The molecule has 0 bridgehead atoms. The van der Waals surface area contributed by atoms with Crippen molar-refractivity contribution in [2.75, 3.05) is 12.4 Å². The molecule has 2 aromatic rings. The normalized spacial score (nSPS) is 11.5. The minimum absolute atomic E-state index is 0.0227. The molecule has 4 nitrogen and oxygen atoms in total. The minimum atomic E-state index is -0.311. The molecule has 1 aromatic carbocycles. The Morgan fingerprint density at radius 1 is 1.33 bits per heavy atom. The summed E-state index contributed by atoms with van der Waals surface area (Å²) in [6.45, 7) is 7.02. The summed E-state index contributed by atoms with van der Waals surface area (Å²) in [5.41, 5.74) is 2.92. The number of nitrogens with zero attached hydrogens (tertiary/aromatic N) is 2. The van der Waals surface area contributed by atoms with Crippen molar-refractivity contribution in [1.82, 2.24) is 9.78 Å². The van der Waals surface area contributed by atoms with Crippen molar-refractivity contribution in [3.8, 4) is 5.75 Å². The van der Waals surface area contributed by atoms with Gasteiger partial charge in [0.1, 0.15) is 11.6 Å². The van der Waals surface area contributed by atoms with Crippen molar-refractivity contribution in [2.45, 2.75) is 32.7 Å². The molecule has 0 amide bonds. The van der Waals surface area contributed by atoms with Gasteiger partial charge in [-0.2, -0.15) is 5.10 Å². The molecule has 0 unspecified atom stereocenters. The highest BCUT2D eigenvalue weighted by molar-refractivity contribution is 5.56. The van der Waals surface area contributed by atoms with Crippen LogP contribution in [-0.2, 0) is 19.0 Å². The predicted molar refractivity (Wildman–Crippen MR) is 82.2 cm³/mol. The van der Waals surface area contributed by atoms with Gasteiger partial charge in [-0.15, -0.1) is 0 Å². The lowest BCUT2D eigenvalue weighted by Gasteiger charge is -2.18. The number of ether oxygens (including phenoxy) is 1. The maximum Gasteiger partial charge on any atom is 0.144 e. The first-order valence-corrected chi connectivity index (χ1v) is 6.91. The summed E-state index contributed by atoms with van der Waals surface area (Å²) in [5.74, 6) is 0.186. The van der Waals surface area contributed by atoms with Crippen molar-refractivity contribution < 1.29 is 9.13 Å². The summed E-state index contributed by atoms with van der Waals surface area (Å²) >= 11 is 0. The molecule has 5 heteroatoms. The highest BCUT2D eigenvalue weighted by atomic mass is 19.1. The van der Waals surface area contributed by atoms with Gasteiger partial charge in [0, 0.05) is 36.8 Å². The lowest BCUT2D eigenvalue weighted by Crippen LogP contribution is -2.16. The largest absolute Gasteiger partial charge is 0.494 e. The predicted octanol–water partition coefficient (Wildman–Crippen LogP) is 3.48. The van der Waals surface area contributed by atoms with Gasteiger partial charge < -0.3 is 10.1 Å². The van der Waals surface area contributed by atoms with E-state index in [0.717, 1.165) is 16.9 Å². The zero-order chi connectivity index (χ0) is 15.6. The van der Waals surface area contributed by atoms with Crippen LogP contribution in [0.1, 0.15) is 32.0 Å². The first kappa shape index (κ1) is 15.4. The first-order chi connectivity index (χ1) is 9.81. The van der Waals surface area contributed by atoms with Gasteiger partial charge in [-0.05, 0) is 12.1 Å². The molecule has 1 aromatic heterocycles. The monoisotopic (exact) mass is 291 g/mol. The number of nitrogens with one attached hydrogen (secondary N) is 1. The fraction of sp³-hybridized carbons (Fsp3) is 0.438. The Kier molecular flexibility index (Phi) is 4.21. The number of rotatable bonds is 4. The standard InChI is InChI=1S/C16H22FN3O/c1-16(2,3)15-11(10-20(4)19-15)9-18-13-7-6-12(17)8-14(13)21-5/h6-8,10,18H,9H2,1-5H3. The van der Waals surface area contributed by atoms with E-state index in [1.54, 1.807) is 6.07 Å². The Bertz CT molecular complexity index is 629. The Labute approximate surface area is 124 Å². The van der Waals surface area contributed by atoms with E-state index in [9.17, 15) is 4.39 Å². The van der Waals surface area contributed by atoms with Gasteiger partial charge in [0.25, 0.3) is 0 Å². The molecule has 0 spiro atoms. The SMILES string of the molecule is COc1cc(F)ccc1NCc1cn(C)nc1C(C)(C)C. The molecular formula is C16H22FN3O. The number of anilines is 1. The van der Waals surface area contributed by atoms with Gasteiger partial charge in [-0.3, -0.25) is 4.68 Å². The second-order valence-corrected chi connectivity index (χ2v) is 6.12. The number of aromatic nitrogens is 2. The molecule has 1 heterocycles. The van der Waals surface area contributed by atoms with Crippen molar-refractivity contribution in [3.05, 3.63) is 41.5 Å². The number of aryl methyl sites for hydroxylation is 1. The molecule has 0 fully saturated rings. The second-order valence-electron chi connectivity index (χ2n) is 6.12. The van der Waals surface area contributed by atoms with Crippen LogP contribution in [0.2, 0.25) is 0 Å².